The summed E-state index contributed by atoms with van der Waals surface area (Å²) in [6.07, 6.45) is -0.958. The molecule has 0 rings (SSSR count). The van der Waals surface area contributed by atoms with Crippen molar-refractivity contribution in [2.45, 2.75) is 52.2 Å². The van der Waals surface area contributed by atoms with Crippen LogP contribution in [0.15, 0.2) is 0 Å². The lowest BCUT2D eigenvalue weighted by molar-refractivity contribution is -0.166. The van der Waals surface area contributed by atoms with E-state index in [2.05, 4.69) is 0 Å². The summed E-state index contributed by atoms with van der Waals surface area (Å²) in [6.45, 7) is 5.14. The van der Waals surface area contributed by atoms with Gasteiger partial charge in [0.25, 0.3) is 0 Å². The molecule has 0 aliphatic heterocycles. The number of esters is 4. The van der Waals surface area contributed by atoms with Crippen LogP contribution in [0.5, 0.6) is 0 Å². The lowest BCUT2D eigenvalue weighted by atomic mass is 10.0. The second kappa shape index (κ2) is 11.7. The SMILES string of the molecule is CC(=O)OCC(COC(C)=O)OC(=O)CC(C)CC(=O)OC(C)Cl. The zero-order valence-electron chi connectivity index (χ0n) is 14.2. The van der Waals surface area contributed by atoms with E-state index in [-0.39, 0.29) is 32.0 Å². The van der Waals surface area contributed by atoms with E-state index in [1.165, 1.54) is 20.8 Å². The molecular formula is C15H23ClO8. The smallest absolute Gasteiger partial charge is 0.307 e. The van der Waals surface area contributed by atoms with E-state index in [9.17, 15) is 19.2 Å². The van der Waals surface area contributed by atoms with Gasteiger partial charge < -0.3 is 18.9 Å². The van der Waals surface area contributed by atoms with Gasteiger partial charge in [0.15, 0.2) is 11.7 Å². The highest BCUT2D eigenvalue weighted by Gasteiger charge is 2.21. The maximum absolute atomic E-state index is 11.9. The standard InChI is InChI=1S/C15H23ClO8/c1-9(5-14(19)23-10(2)16)6-15(20)24-13(7-21-11(3)17)8-22-12(4)18/h9-10,13H,5-8H2,1-4H3. The third kappa shape index (κ3) is 12.7. The van der Waals surface area contributed by atoms with Crippen molar-refractivity contribution in [3.63, 3.8) is 0 Å². The molecule has 24 heavy (non-hydrogen) atoms. The lowest BCUT2D eigenvalue weighted by Crippen LogP contribution is -2.30. The van der Waals surface area contributed by atoms with Gasteiger partial charge in [0.2, 0.25) is 0 Å². The van der Waals surface area contributed by atoms with Crippen LogP contribution in [0.1, 0.15) is 40.5 Å². The Labute approximate surface area is 145 Å². The first-order chi connectivity index (χ1) is 11.1. The van der Waals surface area contributed by atoms with Crippen molar-refractivity contribution in [3.8, 4) is 0 Å². The number of hydrogen-bond donors (Lipinski definition) is 0. The molecular weight excluding hydrogens is 344 g/mol. The van der Waals surface area contributed by atoms with Gasteiger partial charge in [0.05, 0.1) is 0 Å². The summed E-state index contributed by atoms with van der Waals surface area (Å²) in [4.78, 5) is 45.0. The Morgan fingerprint density at radius 3 is 1.62 bits per heavy atom. The van der Waals surface area contributed by atoms with Crippen LogP contribution in [0, 0.1) is 5.92 Å². The van der Waals surface area contributed by atoms with Gasteiger partial charge in [-0.1, -0.05) is 18.5 Å². The van der Waals surface area contributed by atoms with E-state index >= 15 is 0 Å². The van der Waals surface area contributed by atoms with Gasteiger partial charge in [0.1, 0.15) is 13.2 Å². The average molecular weight is 367 g/mol. The number of hydrogen-bond acceptors (Lipinski definition) is 8. The van der Waals surface area contributed by atoms with Crippen molar-refractivity contribution in [1.29, 1.82) is 0 Å². The van der Waals surface area contributed by atoms with Crippen molar-refractivity contribution in [3.05, 3.63) is 0 Å². The molecule has 0 aliphatic carbocycles. The molecule has 0 aromatic rings. The van der Waals surface area contributed by atoms with Gasteiger partial charge in [0, 0.05) is 26.7 Å². The second-order valence-electron chi connectivity index (χ2n) is 5.26. The third-order valence-corrected chi connectivity index (χ3v) is 2.66. The quantitative estimate of drug-likeness (QED) is 0.326. The van der Waals surface area contributed by atoms with E-state index in [0.717, 1.165) is 0 Å². The van der Waals surface area contributed by atoms with Crippen LogP contribution in [0.2, 0.25) is 0 Å². The van der Waals surface area contributed by atoms with Crippen molar-refractivity contribution >= 4 is 35.5 Å². The Morgan fingerprint density at radius 2 is 1.25 bits per heavy atom. The molecule has 0 spiro atoms. The summed E-state index contributed by atoms with van der Waals surface area (Å²) in [5.74, 6) is -2.56. The molecule has 9 heteroatoms. The minimum absolute atomic E-state index is 0.00468. The molecule has 0 fully saturated rings. The zero-order valence-corrected chi connectivity index (χ0v) is 15.0. The first kappa shape index (κ1) is 22.2. The number of carbonyl (C=O) groups excluding carboxylic acids is 4. The molecule has 0 aromatic heterocycles. The molecule has 2 atom stereocenters. The molecule has 0 saturated heterocycles. The third-order valence-electron chi connectivity index (χ3n) is 2.57. The van der Waals surface area contributed by atoms with E-state index in [0.29, 0.717) is 0 Å². The predicted octanol–water partition coefficient (Wildman–Crippen LogP) is 1.57. The van der Waals surface area contributed by atoms with E-state index in [1.54, 1.807) is 6.92 Å². The van der Waals surface area contributed by atoms with Crippen LogP contribution < -0.4 is 0 Å². The van der Waals surface area contributed by atoms with E-state index in [1.807, 2.05) is 0 Å². The number of carbonyl (C=O) groups is 4. The van der Waals surface area contributed by atoms with E-state index < -0.39 is 35.5 Å². The normalized spacial score (nSPS) is 12.9. The van der Waals surface area contributed by atoms with Gasteiger partial charge in [-0.15, -0.1) is 0 Å². The summed E-state index contributed by atoms with van der Waals surface area (Å²) in [6, 6.07) is 0. The van der Waals surface area contributed by atoms with Crippen molar-refractivity contribution in [2.24, 2.45) is 5.92 Å². The van der Waals surface area contributed by atoms with Crippen LogP contribution in [-0.2, 0) is 38.1 Å². The molecule has 0 aromatic carbocycles. The van der Waals surface area contributed by atoms with Crippen LogP contribution in [-0.4, -0.2) is 48.8 Å². The molecule has 0 bridgehead atoms. The summed E-state index contributed by atoms with van der Waals surface area (Å²) in [5.41, 5.74) is -0.742. The van der Waals surface area contributed by atoms with Gasteiger partial charge >= 0.3 is 23.9 Å². The summed E-state index contributed by atoms with van der Waals surface area (Å²) < 4.78 is 19.4. The Balaban J connectivity index is 4.38. The maximum Gasteiger partial charge on any atom is 0.307 e. The first-order valence-corrected chi connectivity index (χ1v) is 7.83. The minimum atomic E-state index is -0.910. The van der Waals surface area contributed by atoms with Gasteiger partial charge in [-0.25, -0.2) is 0 Å². The van der Waals surface area contributed by atoms with Gasteiger partial charge in [-0.05, 0) is 12.8 Å². The molecule has 0 heterocycles. The number of alkyl halides is 1. The zero-order chi connectivity index (χ0) is 18.7. The fraction of sp³-hybridized carbons (Fsp3) is 0.733. The van der Waals surface area contributed by atoms with Crippen molar-refractivity contribution < 1.29 is 38.1 Å². The molecule has 0 N–H and O–H groups in total. The second-order valence-corrected chi connectivity index (χ2v) is 5.88. The molecule has 8 nitrogen and oxygen atoms in total. The number of rotatable bonds is 10. The summed E-state index contributed by atoms with van der Waals surface area (Å²) in [5, 5.41) is 0. The highest BCUT2D eigenvalue weighted by Crippen LogP contribution is 2.12. The fourth-order valence-electron chi connectivity index (χ4n) is 1.64. The van der Waals surface area contributed by atoms with E-state index in [4.69, 9.17) is 30.5 Å². The highest BCUT2D eigenvalue weighted by atomic mass is 35.5. The van der Waals surface area contributed by atoms with Gasteiger partial charge in [-0.2, -0.15) is 0 Å². The number of halogens is 1. The number of ether oxygens (including phenoxy) is 4. The van der Waals surface area contributed by atoms with Crippen molar-refractivity contribution in [2.75, 3.05) is 13.2 Å². The minimum Gasteiger partial charge on any atom is -0.462 e. The topological polar surface area (TPSA) is 105 Å². The lowest BCUT2D eigenvalue weighted by Gasteiger charge is -2.18. The monoisotopic (exact) mass is 366 g/mol. The molecule has 0 amide bonds. The molecule has 0 saturated carbocycles. The van der Waals surface area contributed by atoms with Crippen LogP contribution in [0.25, 0.3) is 0 Å². The predicted molar refractivity (Wildman–Crippen MR) is 83.0 cm³/mol. The highest BCUT2D eigenvalue weighted by molar-refractivity contribution is 6.19. The Bertz CT molecular complexity index is 431. The Hall–Kier alpha value is -1.83. The molecule has 0 aliphatic rings. The first-order valence-electron chi connectivity index (χ1n) is 7.39. The maximum atomic E-state index is 11.9. The van der Waals surface area contributed by atoms with Crippen LogP contribution in [0.3, 0.4) is 0 Å². The Kier molecular flexibility index (Phi) is 10.8. The van der Waals surface area contributed by atoms with Crippen molar-refractivity contribution in [1.82, 2.24) is 0 Å². The molecule has 0 radical (unpaired) electrons. The van der Waals surface area contributed by atoms with Gasteiger partial charge in [-0.3, -0.25) is 19.2 Å². The Morgan fingerprint density at radius 1 is 0.833 bits per heavy atom. The molecule has 138 valence electrons. The molecule has 2 unspecified atom stereocenters. The summed E-state index contributed by atoms with van der Waals surface area (Å²) in [7, 11) is 0. The van der Waals surface area contributed by atoms with Crippen LogP contribution >= 0.6 is 11.6 Å². The average Bonchev–Trinajstić information content (AvgIpc) is 2.39. The van der Waals surface area contributed by atoms with Crippen LogP contribution in [0.4, 0.5) is 0 Å². The summed E-state index contributed by atoms with van der Waals surface area (Å²) >= 11 is 5.53. The fourth-order valence-corrected chi connectivity index (χ4v) is 1.74. The largest absolute Gasteiger partial charge is 0.462 e.